The third-order valence-corrected chi connectivity index (χ3v) is 5.45. The fourth-order valence-electron chi connectivity index (χ4n) is 2.96. The van der Waals surface area contributed by atoms with Gasteiger partial charge in [0.1, 0.15) is 5.82 Å². The number of nitrogens with two attached hydrogens (primary N) is 1. The lowest BCUT2D eigenvalue weighted by Crippen LogP contribution is -2.38. The lowest BCUT2D eigenvalue weighted by molar-refractivity contribution is -0.117. The quantitative estimate of drug-likeness (QED) is 0.519. The number of hydrogen-bond acceptors (Lipinski definition) is 6. The molecule has 0 unspecified atom stereocenters. The molecule has 1 amide bonds. The summed E-state index contributed by atoms with van der Waals surface area (Å²) in [7, 11) is -3.86. The molecule has 0 aliphatic rings. The average molecular weight is 430 g/mol. The molecule has 0 spiro atoms. The van der Waals surface area contributed by atoms with Crippen LogP contribution in [0.2, 0.25) is 0 Å². The number of carbonyl (C=O) groups excluding carboxylic acids is 1. The van der Waals surface area contributed by atoms with Crippen LogP contribution in [0.15, 0.2) is 58.2 Å². The molecule has 0 radical (unpaired) electrons. The molecule has 0 bridgehead atoms. The van der Waals surface area contributed by atoms with E-state index in [-0.39, 0.29) is 35.5 Å². The van der Waals surface area contributed by atoms with Gasteiger partial charge in [-0.25, -0.2) is 18.5 Å². The van der Waals surface area contributed by atoms with Crippen LogP contribution >= 0.6 is 0 Å². The Morgan fingerprint density at radius 3 is 2.63 bits per heavy atom. The first-order chi connectivity index (χ1) is 14.1. The minimum Gasteiger partial charge on any atom is -0.325 e. The minimum absolute atomic E-state index is 0.0109. The van der Waals surface area contributed by atoms with Crippen molar-refractivity contribution in [2.75, 3.05) is 11.9 Å². The molecule has 0 saturated heterocycles. The molecular formula is C20H23N5O4S. The van der Waals surface area contributed by atoms with Crippen LogP contribution in [0.3, 0.4) is 0 Å². The van der Waals surface area contributed by atoms with Crippen LogP contribution in [-0.2, 0) is 21.4 Å². The van der Waals surface area contributed by atoms with Crippen LogP contribution in [0.1, 0.15) is 19.7 Å². The number of H-pyrrole nitrogens is 1. The molecule has 1 heterocycles. The first-order valence-electron chi connectivity index (χ1n) is 9.28. The molecule has 1 aromatic heterocycles. The van der Waals surface area contributed by atoms with Crippen molar-refractivity contribution in [3.8, 4) is 0 Å². The van der Waals surface area contributed by atoms with E-state index >= 15 is 0 Å². The van der Waals surface area contributed by atoms with Crippen molar-refractivity contribution in [3.05, 3.63) is 64.7 Å². The fourth-order valence-corrected chi connectivity index (χ4v) is 3.52. The van der Waals surface area contributed by atoms with Gasteiger partial charge >= 0.3 is 0 Å². The van der Waals surface area contributed by atoms with Crippen molar-refractivity contribution < 1.29 is 13.2 Å². The molecular weight excluding hydrogens is 406 g/mol. The monoisotopic (exact) mass is 429 g/mol. The largest absolute Gasteiger partial charge is 0.325 e. The molecule has 10 heteroatoms. The van der Waals surface area contributed by atoms with Gasteiger partial charge in [0.15, 0.2) is 0 Å². The Morgan fingerprint density at radius 2 is 1.93 bits per heavy atom. The Morgan fingerprint density at radius 1 is 1.20 bits per heavy atom. The highest BCUT2D eigenvalue weighted by atomic mass is 32.2. The normalized spacial score (nSPS) is 11.9. The number of aromatic amines is 1. The fraction of sp³-hybridized carbons (Fsp3) is 0.250. The van der Waals surface area contributed by atoms with Crippen LogP contribution in [0.5, 0.6) is 0 Å². The van der Waals surface area contributed by atoms with E-state index in [0.29, 0.717) is 22.4 Å². The van der Waals surface area contributed by atoms with Gasteiger partial charge < -0.3 is 10.3 Å². The number of nitrogens with one attached hydrogen (secondary N) is 2. The highest BCUT2D eigenvalue weighted by molar-refractivity contribution is 7.89. The van der Waals surface area contributed by atoms with E-state index in [1.807, 2.05) is 24.8 Å². The maximum Gasteiger partial charge on any atom is 0.258 e. The average Bonchev–Trinajstić information content (AvgIpc) is 2.67. The second-order valence-electron chi connectivity index (χ2n) is 7.15. The van der Waals surface area contributed by atoms with Crippen molar-refractivity contribution in [2.24, 2.45) is 5.14 Å². The number of nitrogens with zero attached hydrogens (tertiary/aromatic N) is 2. The van der Waals surface area contributed by atoms with Crippen LogP contribution in [0.25, 0.3) is 10.9 Å². The molecule has 158 valence electrons. The van der Waals surface area contributed by atoms with Gasteiger partial charge in [-0.15, -0.1) is 0 Å². The van der Waals surface area contributed by atoms with Crippen LogP contribution < -0.4 is 16.0 Å². The number of amides is 1. The van der Waals surface area contributed by atoms with Crippen LogP contribution in [0, 0.1) is 0 Å². The number of para-hydroxylation sites is 1. The van der Waals surface area contributed by atoms with Crippen molar-refractivity contribution in [1.82, 2.24) is 14.9 Å². The third kappa shape index (κ3) is 5.29. The maximum absolute atomic E-state index is 12.5. The van der Waals surface area contributed by atoms with E-state index in [0.717, 1.165) is 0 Å². The molecule has 0 aliphatic heterocycles. The summed E-state index contributed by atoms with van der Waals surface area (Å²) >= 11 is 0. The smallest absolute Gasteiger partial charge is 0.258 e. The molecule has 4 N–H and O–H groups in total. The predicted octanol–water partition coefficient (Wildman–Crippen LogP) is 1.42. The van der Waals surface area contributed by atoms with Crippen molar-refractivity contribution in [2.45, 2.75) is 31.3 Å². The Kier molecular flexibility index (Phi) is 6.30. The summed E-state index contributed by atoms with van der Waals surface area (Å²) in [6.45, 7) is 4.14. The molecule has 30 heavy (non-hydrogen) atoms. The minimum atomic E-state index is -3.86. The van der Waals surface area contributed by atoms with E-state index in [9.17, 15) is 18.0 Å². The summed E-state index contributed by atoms with van der Waals surface area (Å²) in [6, 6.07) is 12.8. The predicted molar refractivity (Wildman–Crippen MR) is 114 cm³/mol. The first kappa shape index (κ1) is 21.6. The van der Waals surface area contributed by atoms with E-state index in [1.165, 1.54) is 18.2 Å². The van der Waals surface area contributed by atoms with Crippen molar-refractivity contribution in [1.29, 1.82) is 0 Å². The number of primary sulfonamides is 1. The molecule has 0 fully saturated rings. The third-order valence-electron chi connectivity index (χ3n) is 4.54. The number of rotatable bonds is 7. The lowest BCUT2D eigenvalue weighted by atomic mass is 10.2. The van der Waals surface area contributed by atoms with Gasteiger partial charge in [-0.2, -0.15) is 0 Å². The molecule has 0 saturated carbocycles. The summed E-state index contributed by atoms with van der Waals surface area (Å²) in [4.78, 5) is 33.8. The second-order valence-corrected chi connectivity index (χ2v) is 8.71. The lowest BCUT2D eigenvalue weighted by Gasteiger charge is -2.25. The number of anilines is 1. The summed E-state index contributed by atoms with van der Waals surface area (Å²) in [5.41, 5.74) is 0.681. The Labute approximate surface area is 174 Å². The number of hydrogen-bond donors (Lipinski definition) is 3. The standard InChI is InChI=1S/C20H23N5O4S/c1-13(2)25(11-18-23-17-9-4-3-8-16(17)20(27)24-18)12-19(26)22-14-6-5-7-15(10-14)30(21,28)29/h3-10,13H,11-12H2,1-2H3,(H,22,26)(H2,21,28,29)(H,23,24,27). The number of aromatic nitrogens is 2. The molecule has 3 rings (SSSR count). The molecule has 9 nitrogen and oxygen atoms in total. The summed E-state index contributed by atoms with van der Waals surface area (Å²) < 4.78 is 23.0. The molecule has 0 aliphatic carbocycles. The highest BCUT2D eigenvalue weighted by Crippen LogP contribution is 2.15. The van der Waals surface area contributed by atoms with Crippen molar-refractivity contribution in [3.63, 3.8) is 0 Å². The van der Waals surface area contributed by atoms with Gasteiger partial charge in [-0.05, 0) is 44.2 Å². The van der Waals surface area contributed by atoms with E-state index < -0.39 is 10.0 Å². The zero-order chi connectivity index (χ0) is 21.9. The zero-order valence-corrected chi connectivity index (χ0v) is 17.4. The van der Waals surface area contributed by atoms with E-state index in [1.54, 1.807) is 24.3 Å². The number of fused-ring (bicyclic) bond motifs is 1. The Hall–Kier alpha value is -3.08. The maximum atomic E-state index is 12.5. The van der Waals surface area contributed by atoms with E-state index in [4.69, 9.17) is 5.14 Å². The van der Waals surface area contributed by atoms with Gasteiger partial charge in [0.25, 0.3) is 5.56 Å². The zero-order valence-electron chi connectivity index (χ0n) is 16.6. The van der Waals surface area contributed by atoms with Gasteiger partial charge in [0, 0.05) is 11.7 Å². The number of sulfonamides is 1. The molecule has 2 aromatic carbocycles. The SMILES string of the molecule is CC(C)N(CC(=O)Nc1cccc(S(N)(=O)=O)c1)Cc1nc2ccccc2c(=O)[nH]1. The second kappa shape index (κ2) is 8.74. The Balaban J connectivity index is 1.75. The van der Waals surface area contributed by atoms with Crippen molar-refractivity contribution >= 4 is 32.5 Å². The topological polar surface area (TPSA) is 138 Å². The summed E-state index contributed by atoms with van der Waals surface area (Å²) in [6.07, 6.45) is 0. The van der Waals surface area contributed by atoms with Gasteiger partial charge in [-0.1, -0.05) is 18.2 Å². The number of carbonyl (C=O) groups is 1. The molecule has 0 atom stereocenters. The first-order valence-corrected chi connectivity index (χ1v) is 10.8. The summed E-state index contributed by atoms with van der Waals surface area (Å²) in [5, 5.41) is 8.31. The summed E-state index contributed by atoms with van der Waals surface area (Å²) in [5.74, 6) is 0.120. The number of benzene rings is 2. The van der Waals surface area contributed by atoms with E-state index in [2.05, 4.69) is 15.3 Å². The Bertz CT molecular complexity index is 1240. The highest BCUT2D eigenvalue weighted by Gasteiger charge is 2.17. The molecule has 3 aromatic rings. The van der Waals surface area contributed by atoms with Gasteiger partial charge in [0.05, 0.1) is 28.9 Å². The van der Waals surface area contributed by atoms with Crippen LogP contribution in [-0.4, -0.2) is 41.8 Å². The van der Waals surface area contributed by atoms with Crippen LogP contribution in [0.4, 0.5) is 5.69 Å². The van der Waals surface area contributed by atoms with Gasteiger partial charge in [-0.3, -0.25) is 14.5 Å². The van der Waals surface area contributed by atoms with Gasteiger partial charge in [0.2, 0.25) is 15.9 Å².